The highest BCUT2D eigenvalue weighted by molar-refractivity contribution is 5.59. The topological polar surface area (TPSA) is 64.3 Å². The maximum atomic E-state index is 12.1. The van der Waals surface area contributed by atoms with Crippen molar-refractivity contribution in [1.29, 1.82) is 0 Å². The molecule has 0 unspecified atom stereocenters. The number of hydrogen-bond acceptors (Lipinski definition) is 5. The Labute approximate surface area is 141 Å². The summed E-state index contributed by atoms with van der Waals surface area (Å²) in [5.41, 5.74) is 3.97. The molecule has 0 bridgehead atoms. The number of aromatic nitrogens is 2. The number of nitrogens with one attached hydrogen (secondary N) is 2. The van der Waals surface area contributed by atoms with E-state index in [1.807, 2.05) is 12.1 Å². The van der Waals surface area contributed by atoms with E-state index in [0.29, 0.717) is 5.95 Å². The fourth-order valence-corrected chi connectivity index (χ4v) is 3.46. The number of aromatic amines is 1. The highest BCUT2D eigenvalue weighted by Gasteiger charge is 2.17. The molecule has 2 aliphatic rings. The molecule has 0 amide bonds. The summed E-state index contributed by atoms with van der Waals surface area (Å²) in [5.74, 6) is 0.535. The average molecular weight is 325 g/mol. The van der Waals surface area contributed by atoms with Crippen LogP contribution in [0.25, 0.3) is 0 Å². The zero-order valence-electron chi connectivity index (χ0n) is 14.0. The molecule has 1 aliphatic heterocycles. The van der Waals surface area contributed by atoms with Crippen LogP contribution in [0, 0.1) is 0 Å². The van der Waals surface area contributed by atoms with Crippen LogP contribution in [-0.4, -0.2) is 48.1 Å². The van der Waals surface area contributed by atoms with Gasteiger partial charge in [-0.1, -0.05) is 0 Å². The first-order valence-electron chi connectivity index (χ1n) is 8.62. The number of hydrogen-bond donors (Lipinski definition) is 2. The third kappa shape index (κ3) is 3.01. The van der Waals surface area contributed by atoms with E-state index in [0.717, 1.165) is 62.4 Å². The molecule has 4 rings (SSSR count). The molecule has 2 N–H and O–H groups in total. The van der Waals surface area contributed by atoms with Gasteiger partial charge in [-0.2, -0.15) is 0 Å². The number of nitrogens with zero attached hydrogens (tertiary/aromatic N) is 3. The van der Waals surface area contributed by atoms with Gasteiger partial charge in [0.15, 0.2) is 0 Å². The van der Waals surface area contributed by atoms with Gasteiger partial charge in [0.2, 0.25) is 5.95 Å². The molecule has 1 fully saturated rings. The fourth-order valence-electron chi connectivity index (χ4n) is 3.46. The quantitative estimate of drug-likeness (QED) is 0.900. The third-order valence-electron chi connectivity index (χ3n) is 4.94. The van der Waals surface area contributed by atoms with Crippen molar-refractivity contribution in [2.45, 2.75) is 19.3 Å². The lowest BCUT2D eigenvalue weighted by molar-refractivity contribution is 0.313. The molecule has 6 nitrogen and oxygen atoms in total. The average Bonchev–Trinajstić information content (AvgIpc) is 3.05. The molecule has 2 aromatic rings. The Hall–Kier alpha value is -2.34. The zero-order chi connectivity index (χ0) is 16.5. The van der Waals surface area contributed by atoms with Gasteiger partial charge in [0, 0.05) is 43.1 Å². The molecule has 1 aromatic carbocycles. The van der Waals surface area contributed by atoms with Crippen molar-refractivity contribution in [3.63, 3.8) is 0 Å². The highest BCUT2D eigenvalue weighted by atomic mass is 16.1. The zero-order valence-corrected chi connectivity index (χ0v) is 14.0. The first kappa shape index (κ1) is 15.2. The standard InChI is InChI=1S/C18H23N5O/c1-22-9-11-23(12-10-22)14-7-5-13(6-8-14)19-18-20-16-4-2-3-15(16)17(24)21-18/h5-8H,2-4,9-12H2,1H3,(H2,19,20,21,24). The summed E-state index contributed by atoms with van der Waals surface area (Å²) in [6.07, 6.45) is 2.77. The van der Waals surface area contributed by atoms with Gasteiger partial charge in [-0.3, -0.25) is 9.78 Å². The van der Waals surface area contributed by atoms with Gasteiger partial charge >= 0.3 is 0 Å². The minimum atomic E-state index is -0.00550. The number of H-pyrrole nitrogens is 1. The molecule has 0 atom stereocenters. The number of benzene rings is 1. The van der Waals surface area contributed by atoms with Gasteiger partial charge in [-0.05, 0) is 50.6 Å². The first-order valence-corrected chi connectivity index (χ1v) is 8.62. The molecule has 1 aromatic heterocycles. The Balaban J connectivity index is 1.48. The van der Waals surface area contributed by atoms with E-state index in [2.05, 4.69) is 44.3 Å². The Morgan fingerprint density at radius 1 is 1.08 bits per heavy atom. The number of rotatable bonds is 3. The van der Waals surface area contributed by atoms with Crippen LogP contribution < -0.4 is 15.8 Å². The lowest BCUT2D eigenvalue weighted by atomic mass is 10.2. The Kier molecular flexibility index (Phi) is 3.98. The lowest BCUT2D eigenvalue weighted by Crippen LogP contribution is -2.44. The predicted octanol–water partition coefficient (Wildman–Crippen LogP) is 1.75. The van der Waals surface area contributed by atoms with Crippen LogP contribution >= 0.6 is 0 Å². The van der Waals surface area contributed by atoms with Crippen molar-refractivity contribution in [3.05, 3.63) is 45.9 Å². The molecule has 1 aliphatic carbocycles. The van der Waals surface area contributed by atoms with Crippen LogP contribution in [0.1, 0.15) is 17.7 Å². The molecule has 0 saturated carbocycles. The second-order valence-corrected chi connectivity index (χ2v) is 6.66. The van der Waals surface area contributed by atoms with Crippen LogP contribution in [0.4, 0.5) is 17.3 Å². The van der Waals surface area contributed by atoms with Crippen LogP contribution in [0.15, 0.2) is 29.1 Å². The van der Waals surface area contributed by atoms with Crippen LogP contribution in [0.5, 0.6) is 0 Å². The molecule has 126 valence electrons. The molecule has 0 radical (unpaired) electrons. The highest BCUT2D eigenvalue weighted by Crippen LogP contribution is 2.22. The number of fused-ring (bicyclic) bond motifs is 1. The maximum Gasteiger partial charge on any atom is 0.255 e. The predicted molar refractivity (Wildman–Crippen MR) is 96.3 cm³/mol. The SMILES string of the molecule is CN1CCN(c2ccc(Nc3nc4c(c(=O)[nH]3)CCC4)cc2)CC1. The van der Waals surface area contributed by atoms with E-state index in [1.54, 1.807) is 0 Å². The van der Waals surface area contributed by atoms with E-state index in [-0.39, 0.29) is 5.56 Å². The molecule has 24 heavy (non-hydrogen) atoms. The molecular weight excluding hydrogens is 302 g/mol. The van der Waals surface area contributed by atoms with E-state index in [9.17, 15) is 4.79 Å². The summed E-state index contributed by atoms with van der Waals surface area (Å²) in [7, 11) is 2.16. The smallest absolute Gasteiger partial charge is 0.255 e. The van der Waals surface area contributed by atoms with Crippen molar-refractivity contribution in [2.24, 2.45) is 0 Å². The Morgan fingerprint density at radius 3 is 2.58 bits per heavy atom. The minimum absolute atomic E-state index is 0.00550. The van der Waals surface area contributed by atoms with Gasteiger partial charge in [-0.15, -0.1) is 0 Å². The monoisotopic (exact) mass is 325 g/mol. The second kappa shape index (κ2) is 6.28. The van der Waals surface area contributed by atoms with E-state index in [1.165, 1.54) is 5.69 Å². The van der Waals surface area contributed by atoms with Crippen molar-refractivity contribution >= 4 is 17.3 Å². The maximum absolute atomic E-state index is 12.1. The van der Waals surface area contributed by atoms with Crippen LogP contribution in [0.3, 0.4) is 0 Å². The van der Waals surface area contributed by atoms with Gasteiger partial charge in [0.05, 0.1) is 5.69 Å². The van der Waals surface area contributed by atoms with Gasteiger partial charge in [0.25, 0.3) is 5.56 Å². The van der Waals surface area contributed by atoms with Crippen molar-refractivity contribution < 1.29 is 0 Å². The summed E-state index contributed by atoms with van der Waals surface area (Å²) in [5, 5.41) is 3.22. The van der Waals surface area contributed by atoms with Crippen molar-refractivity contribution in [1.82, 2.24) is 14.9 Å². The second-order valence-electron chi connectivity index (χ2n) is 6.66. The summed E-state index contributed by atoms with van der Waals surface area (Å²) < 4.78 is 0. The van der Waals surface area contributed by atoms with Crippen LogP contribution in [-0.2, 0) is 12.8 Å². The molecular formula is C18H23N5O. The summed E-state index contributed by atoms with van der Waals surface area (Å²) in [6, 6.07) is 8.33. The number of likely N-dealkylation sites (N-methyl/N-ethyl adjacent to an activating group) is 1. The molecule has 2 heterocycles. The van der Waals surface area contributed by atoms with Crippen LogP contribution in [0.2, 0.25) is 0 Å². The molecule has 1 saturated heterocycles. The van der Waals surface area contributed by atoms with Crippen molar-refractivity contribution in [3.8, 4) is 0 Å². The number of aryl methyl sites for hydroxylation is 1. The van der Waals surface area contributed by atoms with E-state index in [4.69, 9.17) is 0 Å². The third-order valence-corrected chi connectivity index (χ3v) is 4.94. The Bertz CT molecular complexity index is 775. The lowest BCUT2D eigenvalue weighted by Gasteiger charge is -2.34. The van der Waals surface area contributed by atoms with Crippen molar-refractivity contribution in [2.75, 3.05) is 43.4 Å². The molecule has 6 heteroatoms. The normalized spacial score (nSPS) is 17.8. The van der Waals surface area contributed by atoms with Gasteiger partial charge in [0.1, 0.15) is 0 Å². The molecule has 0 spiro atoms. The minimum Gasteiger partial charge on any atom is -0.369 e. The number of piperazine rings is 1. The summed E-state index contributed by atoms with van der Waals surface area (Å²) in [4.78, 5) is 24.2. The number of anilines is 3. The fraction of sp³-hybridized carbons (Fsp3) is 0.444. The summed E-state index contributed by atoms with van der Waals surface area (Å²) in [6.45, 7) is 4.31. The summed E-state index contributed by atoms with van der Waals surface area (Å²) >= 11 is 0. The first-order chi connectivity index (χ1) is 11.7. The largest absolute Gasteiger partial charge is 0.369 e. The van der Waals surface area contributed by atoms with E-state index >= 15 is 0 Å². The Morgan fingerprint density at radius 2 is 1.83 bits per heavy atom. The van der Waals surface area contributed by atoms with E-state index < -0.39 is 0 Å². The van der Waals surface area contributed by atoms with Gasteiger partial charge in [-0.25, -0.2) is 4.98 Å². The van der Waals surface area contributed by atoms with Gasteiger partial charge < -0.3 is 15.1 Å².